The van der Waals surface area contributed by atoms with Gasteiger partial charge in [-0.15, -0.1) is 11.3 Å². The van der Waals surface area contributed by atoms with Crippen molar-refractivity contribution in [3.63, 3.8) is 0 Å². The molecule has 1 N–H and O–H groups in total. The number of phenolic OH excluding ortho intramolecular Hbond substituents is 1. The van der Waals surface area contributed by atoms with Crippen LogP contribution in [0.15, 0.2) is 82.9 Å². The van der Waals surface area contributed by atoms with Gasteiger partial charge in [0.1, 0.15) is 23.0 Å². The first-order valence-corrected chi connectivity index (χ1v) is 19.6. The zero-order valence-electron chi connectivity index (χ0n) is 29.7. The molecule has 2 aliphatic heterocycles. The summed E-state index contributed by atoms with van der Waals surface area (Å²) in [5, 5.41) is 18.0. The van der Waals surface area contributed by atoms with Crippen molar-refractivity contribution in [3.05, 3.63) is 99.0 Å². The van der Waals surface area contributed by atoms with Gasteiger partial charge in [0.05, 0.1) is 40.8 Å². The van der Waals surface area contributed by atoms with Crippen molar-refractivity contribution in [2.45, 2.75) is 32.6 Å². The van der Waals surface area contributed by atoms with Crippen LogP contribution in [-0.4, -0.2) is 45.6 Å². The number of hydrogen-bond acceptors (Lipinski definition) is 8. The number of halogens is 2. The van der Waals surface area contributed by atoms with E-state index in [1.807, 2.05) is 31.2 Å². The summed E-state index contributed by atoms with van der Waals surface area (Å²) in [4.78, 5) is 61.7. The maximum atomic E-state index is 15.1. The van der Waals surface area contributed by atoms with E-state index >= 15 is 4.79 Å². The fourth-order valence-electron chi connectivity index (χ4n) is 9.53. The van der Waals surface area contributed by atoms with Crippen molar-refractivity contribution in [2.24, 2.45) is 36.1 Å². The highest BCUT2D eigenvalue weighted by atomic mass is 79.9. The van der Waals surface area contributed by atoms with Crippen LogP contribution in [0.25, 0.3) is 20.7 Å². The molecule has 3 aromatic carbocycles. The molecule has 1 saturated carbocycles. The summed E-state index contributed by atoms with van der Waals surface area (Å²) in [5.41, 5.74) is 1.99. The highest BCUT2D eigenvalue weighted by Gasteiger charge is 2.68. The van der Waals surface area contributed by atoms with Gasteiger partial charge in [-0.2, -0.15) is 5.10 Å². The first-order valence-electron chi connectivity index (χ1n) is 17.6. The summed E-state index contributed by atoms with van der Waals surface area (Å²) in [6, 6.07) is 19.5. The number of methoxy groups -OCH3 is 1. The van der Waals surface area contributed by atoms with E-state index in [0.29, 0.717) is 40.0 Å². The van der Waals surface area contributed by atoms with Crippen LogP contribution < -0.4 is 14.5 Å². The predicted molar refractivity (Wildman–Crippen MR) is 210 cm³/mol. The van der Waals surface area contributed by atoms with Crippen LogP contribution in [0.2, 0.25) is 5.02 Å². The zero-order chi connectivity index (χ0) is 38.0. The maximum absolute atomic E-state index is 15.1. The molecule has 2 saturated heterocycles. The van der Waals surface area contributed by atoms with E-state index in [4.69, 9.17) is 21.4 Å². The largest absolute Gasteiger partial charge is 0.508 e. The Hall–Kier alpha value is -4.78. The van der Waals surface area contributed by atoms with Crippen LogP contribution in [0.3, 0.4) is 0 Å². The average Bonchev–Trinajstić information content (AvgIpc) is 3.82. The number of ether oxygens (including phenoxy) is 1. The molecule has 9 rings (SSSR count). The van der Waals surface area contributed by atoms with Crippen LogP contribution in [-0.2, 0) is 26.2 Å². The quantitative estimate of drug-likeness (QED) is 0.140. The Balaban J connectivity index is 1.16. The number of allylic oxidation sites excluding steroid dienone is 2. The standard InChI is InChI=1S/C41H34BrClN4O6S/c1-19-27-15-21(43)7-14-32(27)54-36(19)30-18-33(45(3)44-30)47-38(50)29-17-28-24(35(41(29,2)40(47)52)25-11-10-23(53-4)16-31(25)48)12-13-26-34(28)39(51)46(37(26)49)22-8-5-20(42)6-9-22/h5-12,14-16,18,26,28-29,34-35,48H,13,17H2,1-4H3. The summed E-state index contributed by atoms with van der Waals surface area (Å²) in [6.45, 7) is 3.80. The van der Waals surface area contributed by atoms with E-state index in [-0.39, 0.29) is 24.0 Å². The number of aromatic nitrogens is 2. The summed E-state index contributed by atoms with van der Waals surface area (Å²) in [7, 11) is 3.21. The van der Waals surface area contributed by atoms with Crippen LogP contribution in [0, 0.1) is 36.0 Å². The molecule has 6 unspecified atom stereocenters. The maximum Gasteiger partial charge on any atom is 0.242 e. The van der Waals surface area contributed by atoms with Crippen molar-refractivity contribution in [1.29, 1.82) is 0 Å². The second kappa shape index (κ2) is 12.4. The Labute approximate surface area is 328 Å². The molecule has 10 nitrogen and oxygen atoms in total. The number of benzene rings is 3. The number of phenols is 1. The molecule has 0 bridgehead atoms. The summed E-state index contributed by atoms with van der Waals surface area (Å²) < 4.78 is 8.80. The van der Waals surface area contributed by atoms with Gasteiger partial charge in [0.25, 0.3) is 0 Å². The lowest BCUT2D eigenvalue weighted by Crippen LogP contribution is -2.49. The highest BCUT2D eigenvalue weighted by Crippen LogP contribution is 2.64. The topological polar surface area (TPSA) is 122 Å². The molecule has 3 fully saturated rings. The van der Waals surface area contributed by atoms with Crippen LogP contribution in [0.4, 0.5) is 11.5 Å². The first-order chi connectivity index (χ1) is 25.8. The SMILES string of the molecule is COc1ccc(C2C3=CCC4C(=O)N(c5ccc(Br)cc5)C(=O)C4C3CC3C(=O)N(c4cc(-c5sc6ccc(Cl)cc6c5C)nn4C)C(=O)C32C)c(O)c1. The third-order valence-corrected chi connectivity index (χ3v) is 14.2. The number of hydrogen-bond donors (Lipinski definition) is 1. The zero-order valence-corrected chi connectivity index (χ0v) is 32.8. The lowest BCUT2D eigenvalue weighted by atomic mass is 9.51. The van der Waals surface area contributed by atoms with Gasteiger partial charge in [-0.05, 0) is 92.1 Å². The van der Waals surface area contributed by atoms with Gasteiger partial charge in [-0.3, -0.25) is 28.8 Å². The molecule has 0 radical (unpaired) electrons. The van der Waals surface area contributed by atoms with E-state index in [9.17, 15) is 19.5 Å². The number of anilines is 2. The number of rotatable bonds is 5. The molecule has 54 heavy (non-hydrogen) atoms. The fraction of sp³-hybridized carbons (Fsp3) is 0.293. The molecule has 2 aliphatic carbocycles. The first kappa shape index (κ1) is 35.0. The highest BCUT2D eigenvalue weighted by molar-refractivity contribution is 9.10. The number of fused-ring (bicyclic) bond motifs is 5. The molecule has 4 heterocycles. The van der Waals surface area contributed by atoms with Crippen molar-refractivity contribution in [3.8, 4) is 22.1 Å². The molecule has 4 amide bonds. The van der Waals surface area contributed by atoms with Gasteiger partial charge in [0.15, 0.2) is 0 Å². The summed E-state index contributed by atoms with van der Waals surface area (Å²) in [6.07, 6.45) is 2.45. The summed E-state index contributed by atoms with van der Waals surface area (Å²) >= 11 is 11.3. The second-order valence-corrected chi connectivity index (χ2v) is 17.2. The van der Waals surface area contributed by atoms with Gasteiger partial charge in [-0.25, -0.2) is 4.90 Å². The van der Waals surface area contributed by atoms with Crippen molar-refractivity contribution in [2.75, 3.05) is 16.9 Å². The summed E-state index contributed by atoms with van der Waals surface area (Å²) in [5.74, 6) is -4.29. The van der Waals surface area contributed by atoms with Crippen molar-refractivity contribution >= 4 is 84.1 Å². The van der Waals surface area contributed by atoms with Gasteiger partial charge >= 0.3 is 0 Å². The van der Waals surface area contributed by atoms with Crippen LogP contribution >= 0.6 is 38.9 Å². The number of aryl methyl sites for hydroxylation is 2. The van der Waals surface area contributed by atoms with E-state index < -0.39 is 46.8 Å². The van der Waals surface area contributed by atoms with Crippen LogP contribution in [0.1, 0.15) is 36.8 Å². The van der Waals surface area contributed by atoms with Gasteiger partial charge < -0.3 is 9.84 Å². The van der Waals surface area contributed by atoms with Crippen molar-refractivity contribution < 1.29 is 29.0 Å². The lowest BCUT2D eigenvalue weighted by Gasteiger charge is -2.49. The molecule has 0 spiro atoms. The van der Waals surface area contributed by atoms with E-state index in [0.717, 1.165) is 30.6 Å². The Morgan fingerprint density at radius 3 is 2.44 bits per heavy atom. The Morgan fingerprint density at radius 2 is 1.72 bits per heavy atom. The Morgan fingerprint density at radius 1 is 0.963 bits per heavy atom. The number of imide groups is 2. The van der Waals surface area contributed by atoms with E-state index in [2.05, 4.69) is 15.9 Å². The number of amides is 4. The minimum absolute atomic E-state index is 0.0878. The molecular formula is C41H34BrClN4O6S. The van der Waals surface area contributed by atoms with Crippen LogP contribution in [0.5, 0.6) is 11.5 Å². The van der Waals surface area contributed by atoms with E-state index in [1.165, 1.54) is 23.0 Å². The molecular weight excluding hydrogens is 792 g/mol. The molecule has 6 atom stereocenters. The number of nitrogens with zero attached hydrogens (tertiary/aromatic N) is 4. The minimum atomic E-state index is -1.34. The molecule has 5 aromatic rings. The molecule has 4 aliphatic rings. The third kappa shape index (κ3) is 4.85. The smallest absolute Gasteiger partial charge is 0.242 e. The molecule has 274 valence electrons. The number of thiophene rings is 1. The van der Waals surface area contributed by atoms with Gasteiger partial charge in [0.2, 0.25) is 23.6 Å². The third-order valence-electron chi connectivity index (χ3n) is 12.1. The number of aromatic hydroxyl groups is 1. The van der Waals surface area contributed by atoms with Gasteiger partial charge in [0, 0.05) is 44.9 Å². The normalized spacial score (nSPS) is 26.3. The molecule has 2 aromatic heterocycles. The molecule has 13 heteroatoms. The fourth-order valence-corrected chi connectivity index (χ4v) is 11.1. The predicted octanol–water partition coefficient (Wildman–Crippen LogP) is 8.18. The van der Waals surface area contributed by atoms with E-state index in [1.54, 1.807) is 72.5 Å². The van der Waals surface area contributed by atoms with Gasteiger partial charge in [-0.1, -0.05) is 45.2 Å². The monoisotopic (exact) mass is 824 g/mol. The lowest BCUT2D eigenvalue weighted by molar-refractivity contribution is -0.131. The minimum Gasteiger partial charge on any atom is -0.508 e. The Kier molecular flexibility index (Phi) is 8.01. The number of carbonyl (C=O) groups is 4. The average molecular weight is 826 g/mol. The second-order valence-electron chi connectivity index (χ2n) is 14.8. The Bertz CT molecular complexity index is 2510. The van der Waals surface area contributed by atoms with Crippen molar-refractivity contribution in [1.82, 2.24) is 9.78 Å². The number of carbonyl (C=O) groups excluding carboxylic acids is 4.